The molecule has 0 fully saturated rings. The van der Waals surface area contributed by atoms with Crippen LogP contribution in [0.3, 0.4) is 0 Å². The van der Waals surface area contributed by atoms with Crippen LogP contribution in [0.4, 0.5) is 5.69 Å². The molecule has 4 nitrogen and oxygen atoms in total. The molecule has 3 rings (SSSR count). The number of rotatable bonds is 4. The van der Waals surface area contributed by atoms with Gasteiger partial charge in [-0.25, -0.2) is 0 Å². The first-order valence-electron chi connectivity index (χ1n) is 7.18. The number of benzene rings is 2. The van der Waals surface area contributed by atoms with Crippen molar-refractivity contribution in [1.82, 2.24) is 4.98 Å². The topological polar surface area (TPSA) is 51.2 Å². The highest BCUT2D eigenvalue weighted by Crippen LogP contribution is 2.24. The van der Waals surface area contributed by atoms with Gasteiger partial charge in [0.05, 0.1) is 23.9 Å². The molecule has 1 N–H and O–H groups in total. The third-order valence-corrected chi connectivity index (χ3v) is 3.61. The summed E-state index contributed by atoms with van der Waals surface area (Å²) in [5.41, 5.74) is 2.68. The van der Waals surface area contributed by atoms with E-state index in [0.717, 1.165) is 16.5 Å². The summed E-state index contributed by atoms with van der Waals surface area (Å²) in [6, 6.07) is 14.8. The van der Waals surface area contributed by atoms with Gasteiger partial charge in [-0.15, -0.1) is 0 Å². The van der Waals surface area contributed by atoms with E-state index in [4.69, 9.17) is 4.74 Å². The normalized spacial score (nSPS) is 10.3. The van der Waals surface area contributed by atoms with Gasteiger partial charge < -0.3 is 10.1 Å². The van der Waals surface area contributed by atoms with Gasteiger partial charge in [0.2, 0.25) is 0 Å². The van der Waals surface area contributed by atoms with E-state index < -0.39 is 0 Å². The van der Waals surface area contributed by atoms with E-state index >= 15 is 0 Å². The van der Waals surface area contributed by atoms with Crippen molar-refractivity contribution in [1.29, 1.82) is 0 Å². The number of pyridine rings is 1. The molecule has 0 saturated heterocycles. The Morgan fingerprint density at radius 2 is 2.04 bits per heavy atom. The number of hydrogen-bond acceptors (Lipinski definition) is 3. The van der Waals surface area contributed by atoms with Crippen LogP contribution in [-0.4, -0.2) is 18.0 Å². The van der Waals surface area contributed by atoms with Crippen molar-refractivity contribution in [3.8, 4) is 5.75 Å². The van der Waals surface area contributed by atoms with Crippen LogP contribution in [0.2, 0.25) is 0 Å². The van der Waals surface area contributed by atoms with E-state index in [-0.39, 0.29) is 5.91 Å². The molecule has 0 aliphatic heterocycles. The van der Waals surface area contributed by atoms with Gasteiger partial charge >= 0.3 is 0 Å². The number of ether oxygens (including phenoxy) is 1. The standard InChI is InChI=1S/C19H16N2O2/c1-3-13-9-10-15(23-2)12-16(13)19(22)21-17-8-4-6-14-7-5-11-20-18(14)17/h3-12H,1H2,2H3,(H,21,22). The SMILES string of the molecule is C=Cc1ccc(OC)cc1C(=O)Nc1cccc2cccnc12. The number of nitrogens with zero attached hydrogens (tertiary/aromatic N) is 1. The third-order valence-electron chi connectivity index (χ3n) is 3.61. The van der Waals surface area contributed by atoms with Gasteiger partial charge in [0.1, 0.15) is 5.75 Å². The van der Waals surface area contributed by atoms with Gasteiger partial charge in [-0.1, -0.05) is 36.9 Å². The van der Waals surface area contributed by atoms with Gasteiger partial charge in [-0.2, -0.15) is 0 Å². The molecule has 0 saturated carbocycles. The molecule has 4 heteroatoms. The highest BCUT2D eigenvalue weighted by Gasteiger charge is 2.13. The molecule has 1 amide bonds. The maximum absolute atomic E-state index is 12.7. The highest BCUT2D eigenvalue weighted by atomic mass is 16.5. The lowest BCUT2D eigenvalue weighted by molar-refractivity contribution is 0.102. The molecule has 3 aromatic rings. The molecule has 0 aliphatic carbocycles. The van der Waals surface area contributed by atoms with Crippen LogP contribution in [0.1, 0.15) is 15.9 Å². The summed E-state index contributed by atoms with van der Waals surface area (Å²) in [5.74, 6) is 0.397. The monoisotopic (exact) mass is 304 g/mol. The lowest BCUT2D eigenvalue weighted by atomic mass is 10.1. The van der Waals surface area contributed by atoms with Crippen LogP contribution in [0, 0.1) is 0 Å². The molecule has 0 aliphatic rings. The van der Waals surface area contributed by atoms with Crippen molar-refractivity contribution < 1.29 is 9.53 Å². The molecular formula is C19H16N2O2. The lowest BCUT2D eigenvalue weighted by Gasteiger charge is -2.11. The quantitative estimate of drug-likeness (QED) is 0.788. The number of carbonyl (C=O) groups is 1. The smallest absolute Gasteiger partial charge is 0.256 e. The Bertz CT molecular complexity index is 882. The molecule has 0 bridgehead atoms. The fraction of sp³-hybridized carbons (Fsp3) is 0.0526. The minimum Gasteiger partial charge on any atom is -0.497 e. The van der Waals surface area contributed by atoms with Crippen molar-refractivity contribution in [2.45, 2.75) is 0 Å². The summed E-state index contributed by atoms with van der Waals surface area (Å²) in [4.78, 5) is 17.0. The summed E-state index contributed by atoms with van der Waals surface area (Å²) in [6.45, 7) is 3.75. The predicted octanol–water partition coefficient (Wildman–Crippen LogP) is 4.14. The van der Waals surface area contributed by atoms with Gasteiger partial charge in [-0.3, -0.25) is 9.78 Å². The molecule has 2 aromatic carbocycles. The zero-order valence-electron chi connectivity index (χ0n) is 12.7. The van der Waals surface area contributed by atoms with Crippen molar-refractivity contribution in [2.75, 3.05) is 12.4 Å². The Morgan fingerprint density at radius 1 is 1.22 bits per heavy atom. The molecule has 0 radical (unpaired) electrons. The molecule has 0 spiro atoms. The van der Waals surface area contributed by atoms with E-state index in [9.17, 15) is 4.79 Å². The zero-order valence-corrected chi connectivity index (χ0v) is 12.7. The number of para-hydroxylation sites is 1. The maximum Gasteiger partial charge on any atom is 0.256 e. The highest BCUT2D eigenvalue weighted by molar-refractivity contribution is 6.10. The Kier molecular flexibility index (Phi) is 4.06. The fourth-order valence-corrected chi connectivity index (χ4v) is 2.43. The first-order chi connectivity index (χ1) is 11.2. The number of nitrogens with one attached hydrogen (secondary N) is 1. The van der Waals surface area contributed by atoms with Crippen LogP contribution in [0.25, 0.3) is 17.0 Å². The van der Waals surface area contributed by atoms with E-state index in [2.05, 4.69) is 16.9 Å². The van der Waals surface area contributed by atoms with E-state index in [1.807, 2.05) is 36.4 Å². The molecule has 1 aromatic heterocycles. The third kappa shape index (κ3) is 2.92. The van der Waals surface area contributed by atoms with E-state index in [1.165, 1.54) is 0 Å². The van der Waals surface area contributed by atoms with Gasteiger partial charge in [-0.05, 0) is 29.8 Å². The van der Waals surface area contributed by atoms with E-state index in [0.29, 0.717) is 17.0 Å². The average Bonchev–Trinajstić information content (AvgIpc) is 2.61. The summed E-state index contributed by atoms with van der Waals surface area (Å²) >= 11 is 0. The second-order valence-corrected chi connectivity index (χ2v) is 4.99. The second-order valence-electron chi connectivity index (χ2n) is 4.99. The number of fused-ring (bicyclic) bond motifs is 1. The second kappa shape index (κ2) is 6.32. The number of amides is 1. The Hall–Kier alpha value is -3.14. The summed E-state index contributed by atoms with van der Waals surface area (Å²) < 4.78 is 5.20. The van der Waals surface area contributed by atoms with Crippen LogP contribution >= 0.6 is 0 Å². The fourth-order valence-electron chi connectivity index (χ4n) is 2.43. The number of anilines is 1. The Labute approximate surface area is 134 Å². The van der Waals surface area contributed by atoms with Crippen LogP contribution in [0.5, 0.6) is 5.75 Å². The molecule has 23 heavy (non-hydrogen) atoms. The van der Waals surface area contributed by atoms with Crippen molar-refractivity contribution in [3.05, 3.63) is 72.4 Å². The van der Waals surface area contributed by atoms with Crippen LogP contribution in [-0.2, 0) is 0 Å². The average molecular weight is 304 g/mol. The minimum atomic E-state index is -0.225. The summed E-state index contributed by atoms with van der Waals surface area (Å²) in [6.07, 6.45) is 3.36. The lowest BCUT2D eigenvalue weighted by Crippen LogP contribution is -2.14. The molecule has 1 heterocycles. The molecule has 0 unspecified atom stereocenters. The van der Waals surface area contributed by atoms with Crippen LogP contribution < -0.4 is 10.1 Å². The number of hydrogen-bond donors (Lipinski definition) is 1. The first kappa shape index (κ1) is 14.8. The number of methoxy groups -OCH3 is 1. The van der Waals surface area contributed by atoms with E-state index in [1.54, 1.807) is 31.5 Å². The first-order valence-corrected chi connectivity index (χ1v) is 7.18. The number of aromatic nitrogens is 1. The number of carbonyl (C=O) groups excluding carboxylic acids is 1. The Balaban J connectivity index is 1.99. The van der Waals surface area contributed by atoms with Crippen molar-refractivity contribution >= 4 is 28.6 Å². The summed E-state index contributed by atoms with van der Waals surface area (Å²) in [7, 11) is 1.57. The van der Waals surface area contributed by atoms with Gasteiger partial charge in [0, 0.05) is 11.6 Å². The predicted molar refractivity (Wildman–Crippen MR) is 92.8 cm³/mol. The Morgan fingerprint density at radius 3 is 2.83 bits per heavy atom. The van der Waals surface area contributed by atoms with Gasteiger partial charge in [0.15, 0.2) is 0 Å². The van der Waals surface area contributed by atoms with Crippen molar-refractivity contribution in [3.63, 3.8) is 0 Å². The van der Waals surface area contributed by atoms with Crippen LogP contribution in [0.15, 0.2) is 61.3 Å². The van der Waals surface area contributed by atoms with Gasteiger partial charge in [0.25, 0.3) is 5.91 Å². The minimum absolute atomic E-state index is 0.225. The largest absolute Gasteiger partial charge is 0.497 e. The maximum atomic E-state index is 12.7. The molecular weight excluding hydrogens is 288 g/mol. The molecule has 0 atom stereocenters. The zero-order chi connectivity index (χ0) is 16.2. The van der Waals surface area contributed by atoms with Crippen molar-refractivity contribution in [2.24, 2.45) is 0 Å². The summed E-state index contributed by atoms with van der Waals surface area (Å²) in [5, 5.41) is 3.89. The molecule has 114 valence electrons.